The Bertz CT molecular complexity index is 972. The van der Waals surface area contributed by atoms with Crippen molar-refractivity contribution in [3.05, 3.63) is 35.7 Å². The van der Waals surface area contributed by atoms with Gasteiger partial charge in [0.05, 0.1) is 12.6 Å². The third-order valence-corrected chi connectivity index (χ3v) is 5.05. The first-order chi connectivity index (χ1) is 13.6. The Kier molecular flexibility index (Phi) is 5.06. The second kappa shape index (κ2) is 7.80. The van der Waals surface area contributed by atoms with Crippen LogP contribution in [-0.4, -0.2) is 53.2 Å². The van der Waals surface area contributed by atoms with Gasteiger partial charge in [-0.25, -0.2) is 0 Å². The van der Waals surface area contributed by atoms with Gasteiger partial charge in [-0.3, -0.25) is 14.6 Å². The average Bonchev–Trinajstić information content (AvgIpc) is 3.36. The molecule has 0 saturated heterocycles. The van der Waals surface area contributed by atoms with Crippen molar-refractivity contribution in [2.45, 2.75) is 32.4 Å². The summed E-state index contributed by atoms with van der Waals surface area (Å²) in [6.07, 6.45) is 1.93. The topological polar surface area (TPSA) is 119 Å². The zero-order valence-corrected chi connectivity index (χ0v) is 16.0. The molecule has 1 atom stereocenters. The minimum Gasteiger partial charge on any atom is -0.333 e. The highest BCUT2D eigenvalue weighted by Crippen LogP contribution is 2.26. The highest BCUT2D eigenvalue weighted by molar-refractivity contribution is 7.13. The molecule has 0 fully saturated rings. The predicted octanol–water partition coefficient (Wildman–Crippen LogP) is 1.51. The Balaban J connectivity index is 1.39. The maximum absolute atomic E-state index is 12.6. The molecule has 1 aliphatic heterocycles. The maximum atomic E-state index is 12.6. The zero-order valence-electron chi connectivity index (χ0n) is 15.1. The molecular weight excluding hydrogens is 380 g/mol. The van der Waals surface area contributed by atoms with Gasteiger partial charge >= 0.3 is 0 Å². The Morgan fingerprint density at radius 2 is 2.14 bits per heavy atom. The molecule has 144 valence electrons. The molecule has 0 spiro atoms. The van der Waals surface area contributed by atoms with Gasteiger partial charge in [-0.15, -0.1) is 20.4 Å². The lowest BCUT2D eigenvalue weighted by molar-refractivity contribution is -0.134. The van der Waals surface area contributed by atoms with Crippen molar-refractivity contribution in [1.82, 2.24) is 34.8 Å². The number of aromatic nitrogens is 6. The van der Waals surface area contributed by atoms with Crippen molar-refractivity contribution in [2.75, 3.05) is 11.9 Å². The quantitative estimate of drug-likeness (QED) is 0.692. The summed E-state index contributed by atoms with van der Waals surface area (Å²) in [6.45, 7) is 2.91. The van der Waals surface area contributed by atoms with Crippen molar-refractivity contribution < 1.29 is 9.59 Å². The largest absolute Gasteiger partial charge is 0.333 e. The third-order valence-electron chi connectivity index (χ3n) is 4.44. The van der Waals surface area contributed by atoms with Gasteiger partial charge in [0, 0.05) is 25.6 Å². The van der Waals surface area contributed by atoms with E-state index in [2.05, 4.69) is 30.7 Å². The van der Waals surface area contributed by atoms with E-state index in [0.29, 0.717) is 29.9 Å². The predicted molar refractivity (Wildman–Crippen MR) is 101 cm³/mol. The Hall–Kier alpha value is -3.21. The molecule has 4 rings (SSSR count). The lowest BCUT2D eigenvalue weighted by Gasteiger charge is -2.32. The molecule has 0 radical (unpaired) electrons. The molecule has 0 aliphatic carbocycles. The number of hydrogen-bond donors (Lipinski definition) is 1. The van der Waals surface area contributed by atoms with Crippen LogP contribution in [0.4, 0.5) is 5.13 Å². The molecule has 0 aromatic carbocycles. The van der Waals surface area contributed by atoms with Crippen LogP contribution in [0.1, 0.15) is 31.6 Å². The van der Waals surface area contributed by atoms with Crippen molar-refractivity contribution in [1.29, 1.82) is 0 Å². The maximum Gasteiger partial charge on any atom is 0.226 e. The van der Waals surface area contributed by atoms with Gasteiger partial charge in [0.1, 0.15) is 11.2 Å². The fourth-order valence-electron chi connectivity index (χ4n) is 3.18. The third kappa shape index (κ3) is 3.74. The normalized spacial score (nSPS) is 15.9. The van der Waals surface area contributed by atoms with Crippen molar-refractivity contribution in [2.24, 2.45) is 0 Å². The first-order valence-corrected chi connectivity index (χ1v) is 9.68. The fraction of sp³-hybridized carbons (Fsp3) is 0.353. The summed E-state index contributed by atoms with van der Waals surface area (Å²) in [5, 5.41) is 19.0. The van der Waals surface area contributed by atoms with Gasteiger partial charge in [0.15, 0.2) is 11.6 Å². The summed E-state index contributed by atoms with van der Waals surface area (Å²) in [5.41, 5.74) is 2.28. The van der Waals surface area contributed by atoms with Crippen LogP contribution in [0, 0.1) is 0 Å². The van der Waals surface area contributed by atoms with Crippen molar-refractivity contribution in [3.63, 3.8) is 0 Å². The van der Waals surface area contributed by atoms with Crippen LogP contribution in [0.3, 0.4) is 0 Å². The molecule has 3 aromatic heterocycles. The first kappa shape index (κ1) is 18.2. The molecule has 3 aromatic rings. The molecule has 4 heterocycles. The van der Waals surface area contributed by atoms with E-state index in [9.17, 15) is 9.59 Å². The number of carbonyl (C=O) groups excluding carboxylic acids is 2. The number of amides is 2. The van der Waals surface area contributed by atoms with Crippen molar-refractivity contribution in [3.8, 4) is 11.5 Å². The molecule has 1 N–H and O–H groups in total. The number of rotatable bonds is 5. The van der Waals surface area contributed by atoms with E-state index in [1.165, 1.54) is 16.8 Å². The number of fused-ring (bicyclic) bond motifs is 1. The van der Waals surface area contributed by atoms with Crippen LogP contribution in [0.25, 0.3) is 11.5 Å². The van der Waals surface area contributed by atoms with E-state index >= 15 is 0 Å². The van der Waals surface area contributed by atoms with E-state index in [1.54, 1.807) is 11.1 Å². The van der Waals surface area contributed by atoms with E-state index in [0.717, 1.165) is 5.69 Å². The second-order valence-electron chi connectivity index (χ2n) is 6.44. The molecule has 1 aliphatic rings. The van der Waals surface area contributed by atoms with Gasteiger partial charge in [-0.2, -0.15) is 0 Å². The van der Waals surface area contributed by atoms with Gasteiger partial charge in [0.25, 0.3) is 0 Å². The molecular formula is C17H18N8O2S. The van der Waals surface area contributed by atoms with Crippen LogP contribution in [0.15, 0.2) is 29.9 Å². The van der Waals surface area contributed by atoms with E-state index < -0.39 is 0 Å². The van der Waals surface area contributed by atoms with Gasteiger partial charge in [0.2, 0.25) is 16.9 Å². The lowest BCUT2D eigenvalue weighted by Crippen LogP contribution is -2.40. The summed E-state index contributed by atoms with van der Waals surface area (Å²) < 4.78 is 2.02. The van der Waals surface area contributed by atoms with Crippen LogP contribution in [0.5, 0.6) is 0 Å². The molecule has 10 nitrogen and oxygen atoms in total. The number of nitrogens with one attached hydrogen (secondary N) is 1. The highest BCUT2D eigenvalue weighted by Gasteiger charge is 2.29. The fourth-order valence-corrected chi connectivity index (χ4v) is 3.64. The van der Waals surface area contributed by atoms with Crippen LogP contribution >= 0.6 is 11.3 Å². The molecule has 2 amide bonds. The number of anilines is 1. The van der Waals surface area contributed by atoms with Gasteiger partial charge in [-0.05, 0) is 19.1 Å². The molecule has 11 heteroatoms. The minimum atomic E-state index is -0.254. The zero-order chi connectivity index (χ0) is 19.5. The molecule has 0 saturated carbocycles. The Labute approximate surface area is 164 Å². The number of carbonyl (C=O) groups is 2. The van der Waals surface area contributed by atoms with Crippen LogP contribution < -0.4 is 5.32 Å². The van der Waals surface area contributed by atoms with Crippen molar-refractivity contribution >= 4 is 28.3 Å². The lowest BCUT2D eigenvalue weighted by atomic mass is 10.2. The van der Waals surface area contributed by atoms with Gasteiger partial charge in [-0.1, -0.05) is 17.4 Å². The second-order valence-corrected chi connectivity index (χ2v) is 7.27. The first-order valence-electron chi connectivity index (χ1n) is 8.81. The number of nitrogens with zero attached hydrogens (tertiary/aromatic N) is 7. The smallest absolute Gasteiger partial charge is 0.226 e. The summed E-state index contributed by atoms with van der Waals surface area (Å²) in [5.74, 6) is 1.07. The summed E-state index contributed by atoms with van der Waals surface area (Å²) in [4.78, 5) is 30.6. The Morgan fingerprint density at radius 3 is 2.89 bits per heavy atom. The summed E-state index contributed by atoms with van der Waals surface area (Å²) in [7, 11) is 0. The van der Waals surface area contributed by atoms with Crippen LogP contribution in [0.2, 0.25) is 0 Å². The average molecular weight is 398 g/mol. The standard InChI is InChI=1S/C17H18N8O2S/c1-11-8-24(15(27)6-5-14(26)20-17-23-19-10-28-17)9-13-21-22-16(25(11)13)12-4-2-3-7-18-12/h2-4,7,10-11H,5-6,8-9H2,1H3,(H,20,23,26)/t11-/m0/s1. The molecule has 0 unspecified atom stereocenters. The van der Waals surface area contributed by atoms with Gasteiger partial charge < -0.3 is 14.8 Å². The van der Waals surface area contributed by atoms with Crippen LogP contribution in [-0.2, 0) is 16.1 Å². The summed E-state index contributed by atoms with van der Waals surface area (Å²) >= 11 is 1.23. The number of pyridine rings is 1. The monoisotopic (exact) mass is 398 g/mol. The minimum absolute atomic E-state index is 0.00919. The van der Waals surface area contributed by atoms with E-state index in [4.69, 9.17) is 0 Å². The molecule has 28 heavy (non-hydrogen) atoms. The summed E-state index contributed by atoms with van der Waals surface area (Å²) in [6, 6.07) is 5.65. The molecule has 0 bridgehead atoms. The number of hydrogen-bond acceptors (Lipinski definition) is 8. The highest BCUT2D eigenvalue weighted by atomic mass is 32.1. The SMILES string of the molecule is C[C@H]1CN(C(=O)CCC(=O)Nc2nncs2)Cc2nnc(-c3ccccn3)n21. The van der Waals surface area contributed by atoms with E-state index in [1.807, 2.05) is 29.7 Å². The Morgan fingerprint density at radius 1 is 1.25 bits per heavy atom. The van der Waals surface area contributed by atoms with E-state index in [-0.39, 0.29) is 30.7 Å².